The number of amides is 1. The smallest absolute Gasteiger partial charge is 0.330 e. The molecule has 0 aromatic carbocycles. The summed E-state index contributed by atoms with van der Waals surface area (Å²) in [6.07, 6.45) is 4.74. The van der Waals surface area contributed by atoms with Crippen molar-refractivity contribution in [3.8, 4) is 0 Å². The molecule has 0 aliphatic carbocycles. The van der Waals surface area contributed by atoms with Gasteiger partial charge < -0.3 is 4.90 Å². The number of fused-ring (bicyclic) bond motifs is 1. The molecule has 1 fully saturated rings. The van der Waals surface area contributed by atoms with Gasteiger partial charge in [0.2, 0.25) is 0 Å². The molecule has 4 heterocycles. The Morgan fingerprint density at radius 1 is 1.31 bits per heavy atom. The number of aryl methyl sites for hydroxylation is 3. The maximum Gasteiger partial charge on any atom is 0.330 e. The van der Waals surface area contributed by atoms with Gasteiger partial charge in [0, 0.05) is 32.9 Å². The summed E-state index contributed by atoms with van der Waals surface area (Å²) in [5.74, 6) is -0.0960. The second-order valence-corrected chi connectivity index (χ2v) is 6.78. The number of piperidine rings is 1. The number of rotatable bonds is 2. The Morgan fingerprint density at radius 2 is 2.12 bits per heavy atom. The summed E-state index contributed by atoms with van der Waals surface area (Å²) in [5.41, 5.74) is 2.55. The Labute approximate surface area is 149 Å². The molecule has 1 aliphatic rings. The highest BCUT2D eigenvalue weighted by Gasteiger charge is 2.29. The van der Waals surface area contributed by atoms with Gasteiger partial charge in [0.25, 0.3) is 5.91 Å². The second-order valence-electron chi connectivity index (χ2n) is 6.78. The van der Waals surface area contributed by atoms with Crippen molar-refractivity contribution in [2.75, 3.05) is 13.1 Å². The van der Waals surface area contributed by atoms with Crippen LogP contribution >= 0.6 is 0 Å². The highest BCUT2D eigenvalue weighted by molar-refractivity contribution is 5.92. The van der Waals surface area contributed by atoms with Crippen LogP contribution in [0.25, 0.3) is 11.2 Å². The van der Waals surface area contributed by atoms with Crippen molar-refractivity contribution >= 4 is 17.1 Å². The van der Waals surface area contributed by atoms with Gasteiger partial charge in [-0.2, -0.15) is 5.10 Å². The molecule has 1 aliphatic heterocycles. The standard InChI is InChI=1S/C17H21N7O2/c1-11-7-13(20-22(11)3)16(25)23-6-4-5-12(9-23)24-15-14(8-18-10-19-15)21(2)17(24)26/h7-8,10,12H,4-6,9H2,1-3H3/t12-/m0/s1. The lowest BCUT2D eigenvalue weighted by Gasteiger charge is -2.32. The number of likely N-dealkylation sites (tertiary alicyclic amines) is 1. The summed E-state index contributed by atoms with van der Waals surface area (Å²) in [7, 11) is 3.54. The Kier molecular flexibility index (Phi) is 3.86. The molecule has 0 saturated carbocycles. The van der Waals surface area contributed by atoms with E-state index in [9.17, 15) is 9.59 Å². The third-order valence-corrected chi connectivity index (χ3v) is 5.14. The summed E-state index contributed by atoms with van der Waals surface area (Å²) in [4.78, 5) is 35.6. The van der Waals surface area contributed by atoms with E-state index in [-0.39, 0.29) is 17.6 Å². The average Bonchev–Trinajstić information content (AvgIpc) is 3.12. The lowest BCUT2D eigenvalue weighted by Crippen LogP contribution is -2.43. The minimum Gasteiger partial charge on any atom is -0.335 e. The molecule has 26 heavy (non-hydrogen) atoms. The number of nitrogens with zero attached hydrogens (tertiary/aromatic N) is 7. The molecule has 136 valence electrons. The lowest BCUT2D eigenvalue weighted by molar-refractivity contribution is 0.0672. The van der Waals surface area contributed by atoms with Crippen molar-refractivity contribution < 1.29 is 4.79 Å². The fourth-order valence-electron chi connectivity index (χ4n) is 3.60. The van der Waals surface area contributed by atoms with E-state index >= 15 is 0 Å². The SMILES string of the molecule is Cc1cc(C(=O)N2CCC[C@H](n3c(=O)n(C)c4cncnc43)C2)nn1C. The third-order valence-electron chi connectivity index (χ3n) is 5.14. The van der Waals surface area contributed by atoms with E-state index in [1.807, 2.05) is 14.0 Å². The van der Waals surface area contributed by atoms with E-state index in [1.165, 1.54) is 6.33 Å². The number of carbonyl (C=O) groups is 1. The van der Waals surface area contributed by atoms with Crippen LogP contribution in [0, 0.1) is 6.92 Å². The normalized spacial score (nSPS) is 17.8. The molecular formula is C17H21N7O2. The molecule has 0 unspecified atom stereocenters. The van der Waals surface area contributed by atoms with E-state index in [0.717, 1.165) is 18.5 Å². The van der Waals surface area contributed by atoms with Crippen molar-refractivity contribution in [2.45, 2.75) is 25.8 Å². The number of hydrogen-bond donors (Lipinski definition) is 0. The molecule has 3 aromatic heterocycles. The molecule has 1 amide bonds. The van der Waals surface area contributed by atoms with Gasteiger partial charge in [0.15, 0.2) is 11.3 Å². The maximum atomic E-state index is 12.8. The maximum absolute atomic E-state index is 12.8. The summed E-state index contributed by atoms with van der Waals surface area (Å²) >= 11 is 0. The van der Waals surface area contributed by atoms with Crippen LogP contribution in [0.15, 0.2) is 23.4 Å². The zero-order valence-corrected chi connectivity index (χ0v) is 15.1. The van der Waals surface area contributed by atoms with Crippen LogP contribution in [-0.2, 0) is 14.1 Å². The Bertz CT molecular complexity index is 1030. The van der Waals surface area contributed by atoms with Crippen molar-refractivity contribution in [2.24, 2.45) is 14.1 Å². The Balaban J connectivity index is 1.67. The third kappa shape index (κ3) is 2.51. The number of imidazole rings is 1. The summed E-state index contributed by atoms with van der Waals surface area (Å²) in [5, 5.41) is 4.29. The highest BCUT2D eigenvalue weighted by Crippen LogP contribution is 2.24. The minimum atomic E-state index is -0.131. The van der Waals surface area contributed by atoms with E-state index < -0.39 is 0 Å². The topological polar surface area (TPSA) is 90.8 Å². The molecular weight excluding hydrogens is 334 g/mol. The van der Waals surface area contributed by atoms with Gasteiger partial charge >= 0.3 is 5.69 Å². The van der Waals surface area contributed by atoms with Crippen LogP contribution in [0.3, 0.4) is 0 Å². The zero-order chi connectivity index (χ0) is 18.4. The van der Waals surface area contributed by atoms with Crippen molar-refractivity contribution in [3.63, 3.8) is 0 Å². The molecule has 0 spiro atoms. The van der Waals surface area contributed by atoms with E-state index in [1.54, 1.807) is 38.0 Å². The fraction of sp³-hybridized carbons (Fsp3) is 0.471. The predicted octanol–water partition coefficient (Wildman–Crippen LogP) is 0.649. The van der Waals surface area contributed by atoms with Crippen LogP contribution in [0.1, 0.15) is 35.1 Å². The van der Waals surface area contributed by atoms with Gasteiger partial charge in [0.05, 0.1) is 12.2 Å². The molecule has 0 N–H and O–H groups in total. The van der Waals surface area contributed by atoms with Crippen molar-refractivity contribution in [1.29, 1.82) is 0 Å². The first-order valence-corrected chi connectivity index (χ1v) is 8.64. The van der Waals surface area contributed by atoms with Crippen LogP contribution in [0.2, 0.25) is 0 Å². The average molecular weight is 355 g/mol. The minimum absolute atomic E-state index is 0.0960. The van der Waals surface area contributed by atoms with Crippen LogP contribution in [0.4, 0.5) is 0 Å². The van der Waals surface area contributed by atoms with Crippen molar-refractivity contribution in [3.05, 3.63) is 40.5 Å². The zero-order valence-electron chi connectivity index (χ0n) is 15.1. The number of hydrogen-bond acceptors (Lipinski definition) is 5. The Hall–Kier alpha value is -2.97. The largest absolute Gasteiger partial charge is 0.335 e. The molecule has 4 rings (SSSR count). The first kappa shape index (κ1) is 16.5. The van der Waals surface area contributed by atoms with Gasteiger partial charge in [-0.3, -0.25) is 18.6 Å². The van der Waals surface area contributed by atoms with Crippen LogP contribution in [0.5, 0.6) is 0 Å². The summed E-state index contributed by atoms with van der Waals surface area (Å²) in [6.45, 7) is 3.05. The van der Waals surface area contributed by atoms with Gasteiger partial charge in [0.1, 0.15) is 11.8 Å². The van der Waals surface area contributed by atoms with E-state index in [0.29, 0.717) is 29.9 Å². The monoisotopic (exact) mass is 355 g/mol. The number of carbonyl (C=O) groups excluding carboxylic acids is 1. The predicted molar refractivity (Wildman–Crippen MR) is 94.9 cm³/mol. The van der Waals surface area contributed by atoms with Crippen molar-refractivity contribution in [1.82, 2.24) is 33.8 Å². The molecule has 1 atom stereocenters. The summed E-state index contributed by atoms with van der Waals surface area (Å²) in [6, 6.07) is 1.69. The van der Waals surface area contributed by atoms with Crippen LogP contribution in [-0.4, -0.2) is 52.8 Å². The fourth-order valence-corrected chi connectivity index (χ4v) is 3.60. The second kappa shape index (κ2) is 6.08. The highest BCUT2D eigenvalue weighted by atomic mass is 16.2. The quantitative estimate of drug-likeness (QED) is 0.673. The lowest BCUT2D eigenvalue weighted by atomic mass is 10.0. The molecule has 9 nitrogen and oxygen atoms in total. The first-order chi connectivity index (χ1) is 12.5. The first-order valence-electron chi connectivity index (χ1n) is 8.64. The molecule has 9 heteroatoms. The van der Waals surface area contributed by atoms with Gasteiger partial charge in [-0.1, -0.05) is 0 Å². The summed E-state index contributed by atoms with van der Waals surface area (Å²) < 4.78 is 4.94. The molecule has 0 bridgehead atoms. The Morgan fingerprint density at radius 3 is 2.85 bits per heavy atom. The van der Waals surface area contributed by atoms with Gasteiger partial charge in [-0.15, -0.1) is 0 Å². The van der Waals surface area contributed by atoms with Gasteiger partial charge in [-0.25, -0.2) is 14.8 Å². The van der Waals surface area contributed by atoms with E-state index in [4.69, 9.17) is 0 Å². The molecule has 3 aromatic rings. The van der Waals surface area contributed by atoms with E-state index in [2.05, 4.69) is 15.1 Å². The molecule has 1 saturated heterocycles. The molecule has 0 radical (unpaired) electrons. The van der Waals surface area contributed by atoms with Gasteiger partial charge in [-0.05, 0) is 25.8 Å². The van der Waals surface area contributed by atoms with Crippen LogP contribution < -0.4 is 5.69 Å². The number of aromatic nitrogens is 6.